The lowest BCUT2D eigenvalue weighted by molar-refractivity contribution is 0.0545. The van der Waals surface area contributed by atoms with Crippen molar-refractivity contribution in [2.24, 2.45) is 5.92 Å². The average Bonchev–Trinajstić information content (AvgIpc) is 3.39. The van der Waals surface area contributed by atoms with Gasteiger partial charge in [0.15, 0.2) is 0 Å². The molecule has 3 N–H and O–H groups in total. The Bertz CT molecular complexity index is 1010. The van der Waals surface area contributed by atoms with Crippen LogP contribution in [0.4, 0.5) is 10.1 Å². The number of fused-ring (bicyclic) bond motifs is 1. The van der Waals surface area contributed by atoms with Gasteiger partial charge in [-0.2, -0.15) is 0 Å². The van der Waals surface area contributed by atoms with Gasteiger partial charge in [-0.3, -0.25) is 4.79 Å². The number of aromatic carboxylic acids is 1. The van der Waals surface area contributed by atoms with E-state index in [2.05, 4.69) is 0 Å². The highest BCUT2D eigenvalue weighted by Crippen LogP contribution is 2.40. The maximum Gasteiger partial charge on any atom is 0.341 e. The first kappa shape index (κ1) is 18.9. The van der Waals surface area contributed by atoms with Gasteiger partial charge in [-0.1, -0.05) is 0 Å². The van der Waals surface area contributed by atoms with E-state index in [1.807, 2.05) is 4.90 Å². The fraction of sp³-hybridized carbons (Fsp3) is 0.500. The summed E-state index contributed by atoms with van der Waals surface area (Å²) < 4.78 is 16.9. The summed E-state index contributed by atoms with van der Waals surface area (Å²) in [4.78, 5) is 26.0. The summed E-state index contributed by atoms with van der Waals surface area (Å²) in [6.45, 7) is 2.35. The summed E-state index contributed by atoms with van der Waals surface area (Å²) in [6, 6.07) is 1.25. The van der Waals surface area contributed by atoms with E-state index in [-0.39, 0.29) is 29.5 Å². The van der Waals surface area contributed by atoms with Crippen molar-refractivity contribution < 1.29 is 24.5 Å². The summed E-state index contributed by atoms with van der Waals surface area (Å²) in [7, 11) is 0. The topological polar surface area (TPSA) is 103 Å². The minimum Gasteiger partial charge on any atom is -0.477 e. The molecule has 150 valence electrons. The Morgan fingerprint density at radius 3 is 2.68 bits per heavy atom. The third kappa shape index (κ3) is 2.97. The van der Waals surface area contributed by atoms with Crippen molar-refractivity contribution in [1.82, 2.24) is 4.57 Å². The Balaban J connectivity index is 1.89. The maximum absolute atomic E-state index is 15.1. The van der Waals surface area contributed by atoms with Crippen molar-refractivity contribution in [3.8, 4) is 0 Å². The third-order valence-corrected chi connectivity index (χ3v) is 5.92. The van der Waals surface area contributed by atoms with Crippen molar-refractivity contribution >= 4 is 22.6 Å². The van der Waals surface area contributed by atoms with Crippen molar-refractivity contribution in [2.45, 2.75) is 38.3 Å². The zero-order valence-corrected chi connectivity index (χ0v) is 15.6. The molecule has 0 spiro atoms. The van der Waals surface area contributed by atoms with Crippen LogP contribution in [0.25, 0.3) is 10.9 Å². The van der Waals surface area contributed by atoms with Crippen molar-refractivity contribution in [2.75, 3.05) is 24.6 Å². The minimum absolute atomic E-state index is 0.0803. The number of hydrogen-bond acceptors (Lipinski definition) is 5. The molecular formula is C20H23FN2O5. The largest absolute Gasteiger partial charge is 0.477 e. The van der Waals surface area contributed by atoms with Crippen molar-refractivity contribution in [1.29, 1.82) is 0 Å². The molecule has 1 saturated carbocycles. The second-order valence-corrected chi connectivity index (χ2v) is 7.79. The van der Waals surface area contributed by atoms with Crippen LogP contribution in [0.3, 0.4) is 0 Å². The Labute approximate surface area is 160 Å². The number of aromatic nitrogens is 1. The Morgan fingerprint density at radius 2 is 2.07 bits per heavy atom. The van der Waals surface area contributed by atoms with E-state index in [0.717, 1.165) is 18.9 Å². The first-order valence-electron chi connectivity index (χ1n) is 9.48. The first-order valence-corrected chi connectivity index (χ1v) is 9.48. The second-order valence-electron chi connectivity index (χ2n) is 7.79. The highest BCUT2D eigenvalue weighted by atomic mass is 19.1. The number of carbonyl (C=O) groups is 1. The van der Waals surface area contributed by atoms with Gasteiger partial charge in [0, 0.05) is 36.6 Å². The zero-order chi connectivity index (χ0) is 20.2. The molecule has 2 atom stereocenters. The number of halogens is 1. The van der Waals surface area contributed by atoms with Crippen LogP contribution in [-0.2, 0) is 0 Å². The molecule has 8 heteroatoms. The fourth-order valence-corrected chi connectivity index (χ4v) is 4.30. The molecular weight excluding hydrogens is 367 g/mol. The molecule has 2 unspecified atom stereocenters. The van der Waals surface area contributed by atoms with Crippen LogP contribution in [0, 0.1) is 18.7 Å². The van der Waals surface area contributed by atoms with Gasteiger partial charge < -0.3 is 24.8 Å². The van der Waals surface area contributed by atoms with E-state index in [0.29, 0.717) is 36.3 Å². The number of carboxylic acid groups (broad SMARTS) is 1. The number of aliphatic hydroxyl groups excluding tert-OH is 2. The van der Waals surface area contributed by atoms with Gasteiger partial charge in [0.1, 0.15) is 11.4 Å². The highest BCUT2D eigenvalue weighted by Gasteiger charge is 2.33. The predicted octanol–water partition coefficient (Wildman–Crippen LogP) is 1.66. The van der Waals surface area contributed by atoms with Crippen LogP contribution >= 0.6 is 0 Å². The van der Waals surface area contributed by atoms with Crippen molar-refractivity contribution in [3.05, 3.63) is 39.4 Å². The van der Waals surface area contributed by atoms with E-state index in [1.165, 1.54) is 6.20 Å². The predicted molar refractivity (Wildman–Crippen MR) is 102 cm³/mol. The Kier molecular flexibility index (Phi) is 4.63. The standard InChI is InChI=1S/C20H23FN2O5/c1-10-17-13(19(26)14(20(27)28)8-23(17)12-2-3-12)6-15(21)18(10)22-5-4-11(7-22)16(25)9-24/h6,8,11-12,16,24-25H,2-5,7,9H2,1H3,(H,27,28). The SMILES string of the molecule is Cc1c(N2CCC(C(O)CO)C2)c(F)cc2c(=O)c(C(=O)O)cn(C3CC3)c12. The second kappa shape index (κ2) is 6.86. The molecule has 1 aliphatic carbocycles. The molecule has 1 saturated heterocycles. The van der Waals surface area contributed by atoms with Crippen LogP contribution in [0.2, 0.25) is 0 Å². The van der Waals surface area contributed by atoms with Gasteiger partial charge in [-0.05, 0) is 37.8 Å². The Morgan fingerprint density at radius 1 is 1.36 bits per heavy atom. The number of benzene rings is 1. The maximum atomic E-state index is 15.1. The smallest absolute Gasteiger partial charge is 0.341 e. The van der Waals surface area contributed by atoms with Crippen LogP contribution in [-0.4, -0.2) is 51.7 Å². The summed E-state index contributed by atoms with van der Waals surface area (Å²) in [5.41, 5.74) is 0.508. The monoisotopic (exact) mass is 390 g/mol. The summed E-state index contributed by atoms with van der Waals surface area (Å²) in [5, 5.41) is 28.5. The fourth-order valence-electron chi connectivity index (χ4n) is 4.30. The van der Waals surface area contributed by atoms with Gasteiger partial charge >= 0.3 is 5.97 Å². The molecule has 0 bridgehead atoms. The number of anilines is 1. The number of rotatable bonds is 5. The lowest BCUT2D eigenvalue weighted by Gasteiger charge is -2.25. The average molecular weight is 390 g/mol. The van der Waals surface area contributed by atoms with E-state index >= 15 is 4.39 Å². The van der Waals surface area contributed by atoms with Gasteiger partial charge in [-0.15, -0.1) is 0 Å². The lowest BCUT2D eigenvalue weighted by Crippen LogP contribution is -2.29. The summed E-state index contributed by atoms with van der Waals surface area (Å²) in [5.74, 6) is -2.05. The number of hydrogen-bond donors (Lipinski definition) is 3. The van der Waals surface area contributed by atoms with Crippen LogP contribution in [0.1, 0.15) is 41.2 Å². The molecule has 2 aliphatic rings. The van der Waals surface area contributed by atoms with E-state index in [4.69, 9.17) is 0 Å². The normalized spacial score (nSPS) is 20.7. The molecule has 2 fully saturated rings. The number of aryl methyl sites for hydroxylation is 1. The molecule has 7 nitrogen and oxygen atoms in total. The van der Waals surface area contributed by atoms with Crippen LogP contribution in [0.5, 0.6) is 0 Å². The molecule has 1 aromatic heterocycles. The molecule has 2 heterocycles. The molecule has 1 aliphatic heterocycles. The summed E-state index contributed by atoms with van der Waals surface area (Å²) in [6.07, 6.45) is 2.93. The van der Waals surface area contributed by atoms with Crippen molar-refractivity contribution in [3.63, 3.8) is 0 Å². The number of carboxylic acids is 1. The van der Waals surface area contributed by atoms with E-state index in [1.54, 1.807) is 11.5 Å². The first-order chi connectivity index (χ1) is 13.3. The van der Waals surface area contributed by atoms with Gasteiger partial charge in [0.2, 0.25) is 5.43 Å². The summed E-state index contributed by atoms with van der Waals surface area (Å²) >= 11 is 0. The number of nitrogens with zero attached hydrogens (tertiary/aromatic N) is 2. The Hall–Kier alpha value is -2.45. The van der Waals surface area contributed by atoms with Gasteiger partial charge in [-0.25, -0.2) is 9.18 Å². The molecule has 28 heavy (non-hydrogen) atoms. The van der Waals surface area contributed by atoms with E-state index < -0.39 is 23.3 Å². The molecule has 4 rings (SSSR count). The molecule has 2 aromatic rings. The van der Waals surface area contributed by atoms with Gasteiger partial charge in [0.05, 0.1) is 23.9 Å². The molecule has 0 amide bonds. The molecule has 0 radical (unpaired) electrons. The van der Waals surface area contributed by atoms with Gasteiger partial charge in [0.25, 0.3) is 0 Å². The van der Waals surface area contributed by atoms with Crippen LogP contribution < -0.4 is 10.3 Å². The number of pyridine rings is 1. The third-order valence-electron chi connectivity index (χ3n) is 5.92. The van der Waals surface area contributed by atoms with E-state index in [9.17, 15) is 24.9 Å². The zero-order valence-electron chi connectivity index (χ0n) is 15.6. The minimum atomic E-state index is -1.32. The molecule has 1 aromatic carbocycles. The highest BCUT2D eigenvalue weighted by molar-refractivity contribution is 5.95. The lowest BCUT2D eigenvalue weighted by atomic mass is 10.0. The van der Waals surface area contributed by atoms with Crippen LogP contribution in [0.15, 0.2) is 17.1 Å². The number of aliphatic hydroxyl groups is 2. The quantitative estimate of drug-likeness (QED) is 0.718.